The summed E-state index contributed by atoms with van der Waals surface area (Å²) < 4.78 is 32.6. The predicted octanol–water partition coefficient (Wildman–Crippen LogP) is 1.73. The van der Waals surface area contributed by atoms with Crippen molar-refractivity contribution in [3.63, 3.8) is 0 Å². The van der Waals surface area contributed by atoms with Gasteiger partial charge in [-0.15, -0.1) is 0 Å². The molecule has 120 valence electrons. The van der Waals surface area contributed by atoms with Crippen molar-refractivity contribution in [3.05, 3.63) is 28.8 Å². The molecule has 2 N–H and O–H groups in total. The predicted molar refractivity (Wildman–Crippen MR) is 85.0 cm³/mol. The minimum Gasteiger partial charge on any atom is -0.382 e. The third-order valence-corrected chi connectivity index (χ3v) is 4.85. The van der Waals surface area contributed by atoms with E-state index in [0.717, 1.165) is 16.7 Å². The van der Waals surface area contributed by atoms with Gasteiger partial charge in [-0.1, -0.05) is 6.07 Å². The first-order valence-electron chi connectivity index (χ1n) is 7.24. The molecule has 1 rings (SSSR count). The summed E-state index contributed by atoms with van der Waals surface area (Å²) in [5, 5.41) is 3.06. The molecule has 1 aromatic carbocycles. The minimum atomic E-state index is -3.47. The molecule has 0 aromatic heterocycles. The van der Waals surface area contributed by atoms with Crippen LogP contribution in [0.4, 0.5) is 0 Å². The Kier molecular flexibility index (Phi) is 7.31. The maximum absolute atomic E-state index is 12.4. The Hall–Kier alpha value is -0.950. The van der Waals surface area contributed by atoms with Gasteiger partial charge in [-0.25, -0.2) is 13.1 Å². The Morgan fingerprint density at radius 3 is 2.52 bits per heavy atom. The topological polar surface area (TPSA) is 67.4 Å². The van der Waals surface area contributed by atoms with E-state index in [1.165, 1.54) is 0 Å². The van der Waals surface area contributed by atoms with E-state index in [2.05, 4.69) is 10.0 Å². The molecule has 1 aromatic rings. The lowest BCUT2D eigenvalue weighted by Crippen LogP contribution is -2.26. The van der Waals surface area contributed by atoms with Gasteiger partial charge in [0, 0.05) is 26.3 Å². The van der Waals surface area contributed by atoms with Gasteiger partial charge in [0.05, 0.1) is 4.90 Å². The summed E-state index contributed by atoms with van der Waals surface area (Å²) in [5.74, 6) is 0. The van der Waals surface area contributed by atoms with Gasteiger partial charge < -0.3 is 10.1 Å². The molecule has 0 unspecified atom stereocenters. The number of ether oxygens (including phenoxy) is 1. The maximum Gasteiger partial charge on any atom is 0.240 e. The lowest BCUT2D eigenvalue weighted by atomic mass is 10.1. The Morgan fingerprint density at radius 1 is 1.19 bits per heavy atom. The molecule has 0 atom stereocenters. The first-order chi connectivity index (χ1) is 9.92. The zero-order chi connectivity index (χ0) is 15.9. The van der Waals surface area contributed by atoms with Crippen LogP contribution in [0.2, 0.25) is 0 Å². The van der Waals surface area contributed by atoms with Crippen molar-refractivity contribution in [1.82, 2.24) is 10.0 Å². The number of rotatable bonds is 9. The van der Waals surface area contributed by atoms with Gasteiger partial charge >= 0.3 is 0 Å². The molecule has 0 saturated heterocycles. The van der Waals surface area contributed by atoms with Gasteiger partial charge in [-0.2, -0.15) is 0 Å². The molecule has 0 aliphatic heterocycles. The van der Waals surface area contributed by atoms with Gasteiger partial charge in [-0.3, -0.25) is 0 Å². The van der Waals surface area contributed by atoms with Gasteiger partial charge in [0.2, 0.25) is 10.0 Å². The number of hydrogen-bond acceptors (Lipinski definition) is 4. The molecule has 21 heavy (non-hydrogen) atoms. The van der Waals surface area contributed by atoms with Gasteiger partial charge in [0.25, 0.3) is 0 Å². The fourth-order valence-corrected chi connectivity index (χ4v) is 3.50. The fourth-order valence-electron chi connectivity index (χ4n) is 2.15. The summed E-state index contributed by atoms with van der Waals surface area (Å²) >= 11 is 0. The van der Waals surface area contributed by atoms with Crippen molar-refractivity contribution in [2.24, 2.45) is 0 Å². The third-order valence-electron chi connectivity index (χ3n) is 3.25. The first-order valence-corrected chi connectivity index (χ1v) is 8.72. The summed E-state index contributed by atoms with van der Waals surface area (Å²) in [5.41, 5.74) is 2.86. The van der Waals surface area contributed by atoms with E-state index in [1.54, 1.807) is 6.07 Å². The molecule has 0 bridgehead atoms. The molecule has 0 heterocycles. The maximum atomic E-state index is 12.4. The average molecular weight is 314 g/mol. The molecule has 0 spiro atoms. The largest absolute Gasteiger partial charge is 0.382 e. The highest BCUT2D eigenvalue weighted by Crippen LogP contribution is 2.20. The van der Waals surface area contributed by atoms with E-state index in [-0.39, 0.29) is 0 Å². The van der Waals surface area contributed by atoms with Crippen LogP contribution in [0.3, 0.4) is 0 Å². The quantitative estimate of drug-likeness (QED) is 0.681. The van der Waals surface area contributed by atoms with Crippen LogP contribution in [0.1, 0.15) is 30.0 Å². The standard InChI is InChI=1S/C15H26N2O3S/c1-5-20-8-6-7-17-21(18,19)15-10-14(11-16-4)12(2)9-13(15)3/h9-10,16-17H,5-8,11H2,1-4H3. The van der Waals surface area contributed by atoms with E-state index in [0.29, 0.717) is 37.6 Å². The van der Waals surface area contributed by atoms with E-state index < -0.39 is 10.0 Å². The van der Waals surface area contributed by atoms with Crippen LogP contribution in [-0.2, 0) is 21.3 Å². The number of nitrogens with one attached hydrogen (secondary N) is 2. The van der Waals surface area contributed by atoms with Gasteiger partial charge in [0.15, 0.2) is 0 Å². The van der Waals surface area contributed by atoms with E-state index in [1.807, 2.05) is 33.9 Å². The van der Waals surface area contributed by atoms with Crippen molar-refractivity contribution in [2.45, 2.75) is 38.6 Å². The molecule has 5 nitrogen and oxygen atoms in total. The second-order valence-electron chi connectivity index (χ2n) is 5.02. The summed E-state index contributed by atoms with van der Waals surface area (Å²) in [4.78, 5) is 0.356. The van der Waals surface area contributed by atoms with Crippen LogP contribution < -0.4 is 10.0 Å². The fraction of sp³-hybridized carbons (Fsp3) is 0.600. The normalized spacial score (nSPS) is 11.8. The zero-order valence-electron chi connectivity index (χ0n) is 13.3. The lowest BCUT2D eigenvalue weighted by Gasteiger charge is -2.13. The molecule has 0 aliphatic rings. The molecule has 0 fully saturated rings. The molecule has 0 saturated carbocycles. The second kappa shape index (κ2) is 8.48. The van der Waals surface area contributed by atoms with E-state index in [4.69, 9.17) is 4.74 Å². The SMILES string of the molecule is CCOCCCNS(=O)(=O)c1cc(CNC)c(C)cc1C. The minimum absolute atomic E-state index is 0.356. The van der Waals surface area contributed by atoms with Crippen molar-refractivity contribution in [2.75, 3.05) is 26.8 Å². The Balaban J connectivity index is 2.84. The highest BCUT2D eigenvalue weighted by atomic mass is 32.2. The summed E-state index contributed by atoms with van der Waals surface area (Å²) in [6.45, 7) is 7.99. The van der Waals surface area contributed by atoms with Crippen LogP contribution in [0.25, 0.3) is 0 Å². The highest BCUT2D eigenvalue weighted by molar-refractivity contribution is 7.89. The highest BCUT2D eigenvalue weighted by Gasteiger charge is 2.17. The van der Waals surface area contributed by atoms with Crippen LogP contribution in [0.15, 0.2) is 17.0 Å². The van der Waals surface area contributed by atoms with Crippen molar-refractivity contribution in [1.29, 1.82) is 0 Å². The van der Waals surface area contributed by atoms with Gasteiger partial charge in [0.1, 0.15) is 0 Å². The molecule has 6 heteroatoms. The third kappa shape index (κ3) is 5.39. The zero-order valence-corrected chi connectivity index (χ0v) is 14.1. The van der Waals surface area contributed by atoms with E-state index in [9.17, 15) is 8.42 Å². The molecule has 0 aliphatic carbocycles. The Bertz CT molecular complexity index is 556. The summed E-state index contributed by atoms with van der Waals surface area (Å²) in [6, 6.07) is 3.67. The lowest BCUT2D eigenvalue weighted by molar-refractivity contribution is 0.146. The molecular formula is C15H26N2O3S. The smallest absolute Gasteiger partial charge is 0.240 e. The number of hydrogen-bond donors (Lipinski definition) is 2. The summed E-state index contributed by atoms with van der Waals surface area (Å²) in [6.07, 6.45) is 0.668. The number of aryl methyl sites for hydroxylation is 2. The van der Waals surface area contributed by atoms with Crippen LogP contribution >= 0.6 is 0 Å². The molecule has 0 radical (unpaired) electrons. The van der Waals surface area contributed by atoms with Gasteiger partial charge in [-0.05, 0) is 57.0 Å². The molecule has 0 amide bonds. The molecular weight excluding hydrogens is 288 g/mol. The number of sulfonamides is 1. The number of benzene rings is 1. The second-order valence-corrected chi connectivity index (χ2v) is 6.76. The van der Waals surface area contributed by atoms with E-state index >= 15 is 0 Å². The monoisotopic (exact) mass is 314 g/mol. The summed E-state index contributed by atoms with van der Waals surface area (Å²) in [7, 11) is -1.62. The Morgan fingerprint density at radius 2 is 1.90 bits per heavy atom. The van der Waals surface area contributed by atoms with Crippen LogP contribution in [0.5, 0.6) is 0 Å². The van der Waals surface area contributed by atoms with Crippen molar-refractivity contribution < 1.29 is 13.2 Å². The van der Waals surface area contributed by atoms with Crippen molar-refractivity contribution in [3.8, 4) is 0 Å². The van der Waals surface area contributed by atoms with Crippen LogP contribution in [0, 0.1) is 13.8 Å². The van der Waals surface area contributed by atoms with Crippen molar-refractivity contribution >= 4 is 10.0 Å². The van der Waals surface area contributed by atoms with Crippen LogP contribution in [-0.4, -0.2) is 35.2 Å². The Labute approximate surface area is 128 Å². The first kappa shape index (κ1) is 18.1. The average Bonchev–Trinajstić information content (AvgIpc) is 2.41.